The maximum absolute atomic E-state index is 12.7. The highest BCUT2D eigenvalue weighted by atomic mass is 32.2. The van der Waals surface area contributed by atoms with Gasteiger partial charge in [-0.1, -0.05) is 11.8 Å². The Morgan fingerprint density at radius 1 is 1.33 bits per heavy atom. The number of pyridine rings is 1. The maximum atomic E-state index is 12.7. The molecular weight excluding hydrogens is 305 g/mol. The molecule has 0 aliphatic rings. The van der Waals surface area contributed by atoms with Crippen molar-refractivity contribution in [3.8, 4) is 0 Å². The van der Waals surface area contributed by atoms with Gasteiger partial charge in [0.05, 0.1) is 10.8 Å². The summed E-state index contributed by atoms with van der Waals surface area (Å²) in [7, 11) is 3.23. The van der Waals surface area contributed by atoms with Crippen LogP contribution in [0.4, 0.5) is 13.2 Å². The van der Waals surface area contributed by atoms with Gasteiger partial charge in [-0.3, -0.25) is 9.20 Å². The number of rotatable bonds is 3. The summed E-state index contributed by atoms with van der Waals surface area (Å²) in [5, 5.41) is 7.42. The monoisotopic (exact) mass is 318 g/mol. The predicted octanol–water partition coefficient (Wildman–Crippen LogP) is 2.32. The Morgan fingerprint density at radius 3 is 2.57 bits per heavy atom. The molecule has 2 heterocycles. The Hall–Kier alpha value is -1.77. The Labute approximate surface area is 123 Å². The second-order valence-electron chi connectivity index (χ2n) is 4.62. The van der Waals surface area contributed by atoms with Crippen LogP contribution >= 0.6 is 11.8 Å². The number of halogens is 3. The van der Waals surface area contributed by atoms with Gasteiger partial charge in [-0.05, 0) is 19.1 Å². The molecule has 0 aliphatic carbocycles. The molecule has 114 valence electrons. The first-order valence-electron chi connectivity index (χ1n) is 6.00. The average Bonchev–Trinajstić information content (AvgIpc) is 2.79. The third kappa shape index (κ3) is 3.29. The smallest absolute Gasteiger partial charge is 0.348 e. The van der Waals surface area contributed by atoms with Crippen molar-refractivity contribution in [2.45, 2.75) is 23.5 Å². The summed E-state index contributed by atoms with van der Waals surface area (Å²) in [5.74, 6) is -0.149. The SMILES string of the molecule is C[C@H](Sc1nnc2ccc(C(F)(F)F)cn12)C(=O)N(C)C. The fourth-order valence-corrected chi connectivity index (χ4v) is 2.67. The highest BCUT2D eigenvalue weighted by Crippen LogP contribution is 2.30. The van der Waals surface area contributed by atoms with E-state index in [1.54, 1.807) is 21.0 Å². The summed E-state index contributed by atoms with van der Waals surface area (Å²) in [4.78, 5) is 13.2. The minimum absolute atomic E-state index is 0.149. The molecule has 2 aromatic heterocycles. The van der Waals surface area contributed by atoms with Gasteiger partial charge < -0.3 is 4.90 Å². The lowest BCUT2D eigenvalue weighted by molar-refractivity contribution is -0.138. The molecule has 0 saturated carbocycles. The van der Waals surface area contributed by atoms with Crippen LogP contribution in [0.15, 0.2) is 23.5 Å². The molecule has 0 unspecified atom stereocenters. The van der Waals surface area contributed by atoms with Crippen molar-refractivity contribution in [2.75, 3.05) is 14.1 Å². The Bertz CT molecular complexity index is 668. The van der Waals surface area contributed by atoms with Crippen molar-refractivity contribution in [3.63, 3.8) is 0 Å². The van der Waals surface area contributed by atoms with Crippen molar-refractivity contribution >= 4 is 23.3 Å². The molecule has 0 spiro atoms. The zero-order chi connectivity index (χ0) is 15.8. The molecule has 0 fully saturated rings. The summed E-state index contributed by atoms with van der Waals surface area (Å²) < 4.78 is 39.4. The molecule has 2 rings (SSSR count). The number of nitrogens with zero attached hydrogens (tertiary/aromatic N) is 4. The van der Waals surface area contributed by atoms with Crippen LogP contribution in [0.3, 0.4) is 0 Å². The van der Waals surface area contributed by atoms with E-state index in [2.05, 4.69) is 10.2 Å². The van der Waals surface area contributed by atoms with Gasteiger partial charge in [0, 0.05) is 20.3 Å². The first kappa shape index (κ1) is 15.6. The molecule has 9 heteroatoms. The van der Waals surface area contributed by atoms with Crippen molar-refractivity contribution in [1.82, 2.24) is 19.5 Å². The van der Waals surface area contributed by atoms with Crippen LogP contribution in [-0.4, -0.2) is 44.8 Å². The number of aromatic nitrogens is 3. The molecule has 0 radical (unpaired) electrons. The van der Waals surface area contributed by atoms with Crippen LogP contribution < -0.4 is 0 Å². The number of carbonyl (C=O) groups excluding carboxylic acids is 1. The third-order valence-corrected chi connectivity index (χ3v) is 3.81. The summed E-state index contributed by atoms with van der Waals surface area (Å²) in [5.41, 5.74) is -0.488. The third-order valence-electron chi connectivity index (χ3n) is 2.77. The van der Waals surface area contributed by atoms with E-state index in [9.17, 15) is 18.0 Å². The highest BCUT2D eigenvalue weighted by molar-refractivity contribution is 8.00. The lowest BCUT2D eigenvalue weighted by Gasteiger charge is -2.15. The summed E-state index contributed by atoms with van der Waals surface area (Å²) in [6.45, 7) is 1.67. The molecule has 1 atom stereocenters. The van der Waals surface area contributed by atoms with Crippen molar-refractivity contribution in [2.24, 2.45) is 0 Å². The lowest BCUT2D eigenvalue weighted by Crippen LogP contribution is -2.29. The lowest BCUT2D eigenvalue weighted by atomic mass is 10.3. The zero-order valence-electron chi connectivity index (χ0n) is 11.5. The van der Waals surface area contributed by atoms with Gasteiger partial charge in [-0.2, -0.15) is 13.2 Å². The molecular formula is C12H13F3N4OS. The number of fused-ring (bicyclic) bond motifs is 1. The van der Waals surface area contributed by atoms with Crippen LogP contribution in [0.1, 0.15) is 12.5 Å². The summed E-state index contributed by atoms with van der Waals surface area (Å²) in [6.07, 6.45) is -3.50. The van der Waals surface area contributed by atoms with Gasteiger partial charge in [-0.15, -0.1) is 10.2 Å². The van der Waals surface area contributed by atoms with Gasteiger partial charge >= 0.3 is 6.18 Å². The molecule has 5 nitrogen and oxygen atoms in total. The molecule has 0 aromatic carbocycles. The van der Waals surface area contributed by atoms with Crippen LogP contribution in [0, 0.1) is 0 Å². The van der Waals surface area contributed by atoms with Crippen LogP contribution in [-0.2, 0) is 11.0 Å². The van der Waals surface area contributed by atoms with E-state index in [1.807, 2.05) is 0 Å². The standard InChI is InChI=1S/C12H13F3N4OS/c1-7(10(20)18(2)3)21-11-17-16-9-5-4-8(6-19(9)11)12(13,14)15/h4-7H,1-3H3/t7-/m0/s1. The van der Waals surface area contributed by atoms with Crippen LogP contribution in [0.25, 0.3) is 5.65 Å². The molecule has 0 bridgehead atoms. The number of carbonyl (C=O) groups is 1. The van der Waals surface area contributed by atoms with Crippen LogP contribution in [0.5, 0.6) is 0 Å². The first-order valence-corrected chi connectivity index (χ1v) is 6.88. The second-order valence-corrected chi connectivity index (χ2v) is 5.93. The molecule has 0 N–H and O–H groups in total. The quantitative estimate of drug-likeness (QED) is 0.815. The number of hydrogen-bond donors (Lipinski definition) is 0. The molecule has 2 aromatic rings. The number of alkyl halides is 3. The highest BCUT2D eigenvalue weighted by Gasteiger charge is 2.31. The molecule has 0 aliphatic heterocycles. The largest absolute Gasteiger partial charge is 0.417 e. The van der Waals surface area contributed by atoms with Gasteiger partial charge in [0.25, 0.3) is 0 Å². The van der Waals surface area contributed by atoms with Crippen LogP contribution in [0.2, 0.25) is 0 Å². The Balaban J connectivity index is 2.35. The van der Waals surface area contributed by atoms with E-state index >= 15 is 0 Å². The van der Waals surface area contributed by atoms with Gasteiger partial charge in [0.2, 0.25) is 5.91 Å². The van der Waals surface area contributed by atoms with E-state index in [0.717, 1.165) is 24.0 Å². The normalized spacial score (nSPS) is 13.4. The van der Waals surface area contributed by atoms with Gasteiger partial charge in [-0.25, -0.2) is 0 Å². The van der Waals surface area contributed by atoms with Gasteiger partial charge in [0.1, 0.15) is 0 Å². The second kappa shape index (κ2) is 5.55. The summed E-state index contributed by atoms with van der Waals surface area (Å²) >= 11 is 1.07. The van der Waals surface area contributed by atoms with E-state index < -0.39 is 17.0 Å². The van der Waals surface area contributed by atoms with Crippen molar-refractivity contribution in [1.29, 1.82) is 0 Å². The molecule has 21 heavy (non-hydrogen) atoms. The van der Waals surface area contributed by atoms with E-state index in [1.165, 1.54) is 15.4 Å². The zero-order valence-corrected chi connectivity index (χ0v) is 12.4. The van der Waals surface area contributed by atoms with Gasteiger partial charge in [0.15, 0.2) is 10.8 Å². The molecule has 0 saturated heterocycles. The maximum Gasteiger partial charge on any atom is 0.417 e. The van der Waals surface area contributed by atoms with E-state index in [0.29, 0.717) is 5.65 Å². The summed E-state index contributed by atoms with van der Waals surface area (Å²) in [6, 6.07) is 2.20. The minimum atomic E-state index is -4.44. The number of thioether (sulfide) groups is 1. The molecule has 1 amide bonds. The Morgan fingerprint density at radius 2 is 2.00 bits per heavy atom. The fraction of sp³-hybridized carbons (Fsp3) is 0.417. The van der Waals surface area contributed by atoms with E-state index in [-0.39, 0.29) is 11.1 Å². The minimum Gasteiger partial charge on any atom is -0.348 e. The Kier molecular flexibility index (Phi) is 4.13. The number of hydrogen-bond acceptors (Lipinski definition) is 4. The first-order chi connectivity index (χ1) is 9.70. The average molecular weight is 318 g/mol. The predicted molar refractivity (Wildman–Crippen MR) is 72.0 cm³/mol. The van der Waals surface area contributed by atoms with Crippen molar-refractivity contribution in [3.05, 3.63) is 23.9 Å². The topological polar surface area (TPSA) is 50.5 Å². The van der Waals surface area contributed by atoms with Crippen molar-refractivity contribution < 1.29 is 18.0 Å². The van der Waals surface area contributed by atoms with E-state index in [4.69, 9.17) is 0 Å². The number of amides is 1. The fourth-order valence-electron chi connectivity index (χ4n) is 1.69.